The van der Waals surface area contributed by atoms with Gasteiger partial charge in [-0.15, -0.1) is 0 Å². The van der Waals surface area contributed by atoms with Crippen LogP contribution in [-0.2, 0) is 20.5 Å². The lowest BCUT2D eigenvalue weighted by atomic mass is 9.79. The maximum Gasteiger partial charge on any atom is 0.416 e. The van der Waals surface area contributed by atoms with E-state index in [0.29, 0.717) is 11.4 Å². The molecule has 1 aliphatic rings. The Hall–Kier alpha value is -2.77. The number of alkyl halides is 3. The van der Waals surface area contributed by atoms with Crippen molar-refractivity contribution in [1.29, 1.82) is 0 Å². The molecular formula is C18H18F3NO4. The molecule has 140 valence electrons. The Morgan fingerprint density at radius 3 is 2.00 bits per heavy atom. The number of allylic oxidation sites excluding steroid dienone is 2. The second-order valence-corrected chi connectivity index (χ2v) is 5.91. The van der Waals surface area contributed by atoms with E-state index in [1.165, 1.54) is 12.1 Å². The highest BCUT2D eigenvalue weighted by Gasteiger charge is 2.39. The number of carboxylic acid groups (broad SMARTS) is 1. The molecule has 26 heavy (non-hydrogen) atoms. The quantitative estimate of drug-likeness (QED) is 0.826. The van der Waals surface area contributed by atoms with Crippen LogP contribution in [0.25, 0.3) is 0 Å². The van der Waals surface area contributed by atoms with E-state index >= 15 is 0 Å². The van der Waals surface area contributed by atoms with Gasteiger partial charge in [0.05, 0.1) is 29.7 Å². The van der Waals surface area contributed by atoms with Crippen LogP contribution in [0.4, 0.5) is 13.2 Å². The fourth-order valence-corrected chi connectivity index (χ4v) is 3.03. The third-order valence-electron chi connectivity index (χ3n) is 4.57. The van der Waals surface area contributed by atoms with Gasteiger partial charge in [-0.2, -0.15) is 13.2 Å². The van der Waals surface area contributed by atoms with Crippen molar-refractivity contribution >= 4 is 11.9 Å². The number of halogens is 3. The van der Waals surface area contributed by atoms with Crippen LogP contribution in [0.3, 0.4) is 0 Å². The van der Waals surface area contributed by atoms with Gasteiger partial charge in [0.15, 0.2) is 0 Å². The van der Waals surface area contributed by atoms with Crippen molar-refractivity contribution < 1.29 is 32.6 Å². The first-order valence-electron chi connectivity index (χ1n) is 7.64. The average molecular weight is 369 g/mol. The molecule has 0 radical (unpaired) electrons. The van der Waals surface area contributed by atoms with Crippen LogP contribution in [0.2, 0.25) is 0 Å². The molecule has 1 N–H and O–H groups in total. The Bertz CT molecular complexity index is 807. The largest absolute Gasteiger partial charge is 0.478 e. The molecule has 5 nitrogen and oxygen atoms in total. The van der Waals surface area contributed by atoms with Crippen LogP contribution in [0.1, 0.15) is 30.9 Å². The van der Waals surface area contributed by atoms with Crippen LogP contribution < -0.4 is 0 Å². The van der Waals surface area contributed by atoms with Crippen LogP contribution in [0.15, 0.2) is 46.8 Å². The summed E-state index contributed by atoms with van der Waals surface area (Å²) < 4.78 is 43.2. The minimum Gasteiger partial charge on any atom is -0.478 e. The summed E-state index contributed by atoms with van der Waals surface area (Å²) in [5, 5.41) is 9.66. The highest BCUT2D eigenvalue weighted by atomic mass is 19.4. The molecule has 1 atom stereocenters. The number of hydrogen-bond donors (Lipinski definition) is 1. The van der Waals surface area contributed by atoms with Gasteiger partial charge in [0.25, 0.3) is 0 Å². The summed E-state index contributed by atoms with van der Waals surface area (Å²) in [5.74, 6) is -3.02. The maximum atomic E-state index is 12.8. The zero-order chi connectivity index (χ0) is 19.8. The van der Waals surface area contributed by atoms with E-state index in [4.69, 9.17) is 4.74 Å². The molecule has 1 aliphatic heterocycles. The summed E-state index contributed by atoms with van der Waals surface area (Å²) in [6.07, 6.45) is -4.51. The first-order chi connectivity index (χ1) is 12.0. The van der Waals surface area contributed by atoms with E-state index in [-0.39, 0.29) is 16.7 Å². The van der Waals surface area contributed by atoms with Gasteiger partial charge in [-0.05, 0) is 31.5 Å². The van der Waals surface area contributed by atoms with Crippen molar-refractivity contribution in [2.75, 3.05) is 14.2 Å². The Kier molecular flexibility index (Phi) is 5.16. The number of carbonyl (C=O) groups is 2. The standard InChI is InChI=1S/C18H18F3NO4/c1-9-13(16(23)24)15(14(17(25)26-4)10(2)22(9)3)11-5-7-12(8-6-11)18(19,20)21/h5-8,15H,1-4H3,(H,23,24). The Labute approximate surface area is 148 Å². The third-order valence-corrected chi connectivity index (χ3v) is 4.57. The van der Waals surface area contributed by atoms with E-state index in [1.807, 2.05) is 0 Å². The van der Waals surface area contributed by atoms with E-state index in [2.05, 4.69) is 0 Å². The highest BCUT2D eigenvalue weighted by molar-refractivity contribution is 5.99. The molecule has 1 aromatic rings. The SMILES string of the molecule is COC(=O)C1=C(C)N(C)C(C)=C(C(=O)O)C1c1ccc(C(F)(F)F)cc1. The molecule has 0 fully saturated rings. The summed E-state index contributed by atoms with van der Waals surface area (Å²) in [5.41, 5.74) is 0.280. The van der Waals surface area contributed by atoms with E-state index < -0.39 is 29.6 Å². The number of esters is 1. The summed E-state index contributed by atoms with van der Waals surface area (Å²) in [4.78, 5) is 25.7. The van der Waals surface area contributed by atoms with Crippen molar-refractivity contribution in [3.63, 3.8) is 0 Å². The number of nitrogens with zero attached hydrogens (tertiary/aromatic N) is 1. The smallest absolute Gasteiger partial charge is 0.416 e. The molecule has 0 saturated carbocycles. The van der Waals surface area contributed by atoms with Crippen LogP contribution in [0, 0.1) is 0 Å². The Morgan fingerprint density at radius 1 is 1.08 bits per heavy atom. The Balaban J connectivity index is 2.69. The number of aliphatic carboxylic acids is 1. The minimum absolute atomic E-state index is 0.0813. The monoisotopic (exact) mass is 369 g/mol. The number of methoxy groups -OCH3 is 1. The lowest BCUT2D eigenvalue weighted by Gasteiger charge is -2.35. The number of benzene rings is 1. The van der Waals surface area contributed by atoms with Gasteiger partial charge in [-0.1, -0.05) is 12.1 Å². The third kappa shape index (κ3) is 3.31. The molecule has 0 bridgehead atoms. The topological polar surface area (TPSA) is 66.8 Å². The molecule has 1 aromatic carbocycles. The number of rotatable bonds is 3. The van der Waals surface area contributed by atoms with Gasteiger partial charge in [-0.25, -0.2) is 9.59 Å². The van der Waals surface area contributed by atoms with E-state index in [1.54, 1.807) is 25.8 Å². The number of hydrogen-bond acceptors (Lipinski definition) is 4. The van der Waals surface area contributed by atoms with Crippen LogP contribution in [-0.4, -0.2) is 36.1 Å². The molecular weight excluding hydrogens is 351 g/mol. The minimum atomic E-state index is -4.51. The fourth-order valence-electron chi connectivity index (χ4n) is 3.03. The van der Waals surface area contributed by atoms with E-state index in [0.717, 1.165) is 19.2 Å². The molecule has 0 aromatic heterocycles. The van der Waals surface area contributed by atoms with Crippen LogP contribution >= 0.6 is 0 Å². The second kappa shape index (κ2) is 6.86. The van der Waals surface area contributed by atoms with Gasteiger partial charge >= 0.3 is 18.1 Å². The van der Waals surface area contributed by atoms with Crippen molar-refractivity contribution in [3.05, 3.63) is 57.9 Å². The van der Waals surface area contributed by atoms with Crippen molar-refractivity contribution in [3.8, 4) is 0 Å². The van der Waals surface area contributed by atoms with Crippen LogP contribution in [0.5, 0.6) is 0 Å². The summed E-state index contributed by atoms with van der Waals surface area (Å²) in [6, 6.07) is 4.11. The molecule has 0 amide bonds. The Morgan fingerprint density at radius 2 is 1.58 bits per heavy atom. The van der Waals surface area contributed by atoms with Gasteiger partial charge < -0.3 is 14.7 Å². The zero-order valence-electron chi connectivity index (χ0n) is 14.6. The first-order valence-corrected chi connectivity index (χ1v) is 7.64. The highest BCUT2D eigenvalue weighted by Crippen LogP contribution is 2.42. The maximum absolute atomic E-state index is 12.8. The number of ether oxygens (including phenoxy) is 1. The second-order valence-electron chi connectivity index (χ2n) is 5.91. The van der Waals surface area contributed by atoms with Crippen molar-refractivity contribution in [2.45, 2.75) is 25.9 Å². The van der Waals surface area contributed by atoms with Crippen molar-refractivity contribution in [2.24, 2.45) is 0 Å². The summed E-state index contributed by atoms with van der Waals surface area (Å²) in [6.45, 7) is 3.21. The lowest BCUT2D eigenvalue weighted by Crippen LogP contribution is -2.32. The predicted octanol–water partition coefficient (Wildman–Crippen LogP) is 3.54. The van der Waals surface area contributed by atoms with Crippen molar-refractivity contribution in [1.82, 2.24) is 4.90 Å². The summed E-state index contributed by atoms with van der Waals surface area (Å²) in [7, 11) is 2.78. The predicted molar refractivity (Wildman–Crippen MR) is 87.0 cm³/mol. The molecule has 2 rings (SSSR count). The normalized spacial score (nSPS) is 18.3. The fraction of sp³-hybridized carbons (Fsp3) is 0.333. The van der Waals surface area contributed by atoms with E-state index in [9.17, 15) is 27.9 Å². The molecule has 0 saturated heterocycles. The van der Waals surface area contributed by atoms with Gasteiger partial charge in [0.1, 0.15) is 0 Å². The average Bonchev–Trinajstić information content (AvgIpc) is 2.57. The van der Waals surface area contributed by atoms with Gasteiger partial charge in [0.2, 0.25) is 0 Å². The number of carbonyl (C=O) groups excluding carboxylic acids is 1. The zero-order valence-corrected chi connectivity index (χ0v) is 14.6. The molecule has 0 spiro atoms. The number of carboxylic acids is 1. The molecule has 8 heteroatoms. The van der Waals surface area contributed by atoms with Gasteiger partial charge in [0, 0.05) is 18.4 Å². The first kappa shape index (κ1) is 19.6. The summed E-state index contributed by atoms with van der Waals surface area (Å²) >= 11 is 0. The molecule has 1 heterocycles. The lowest BCUT2D eigenvalue weighted by molar-refractivity contribution is -0.138. The van der Waals surface area contributed by atoms with Gasteiger partial charge in [-0.3, -0.25) is 0 Å². The molecule has 1 unspecified atom stereocenters. The molecule has 0 aliphatic carbocycles.